The van der Waals surface area contributed by atoms with Crippen LogP contribution in [0.25, 0.3) is 0 Å². The SMILES string of the molecule is CC(Sc1ccccc1F)C(=O)Nc1ccccc1N. The van der Waals surface area contributed by atoms with E-state index in [2.05, 4.69) is 5.32 Å². The molecule has 0 aromatic heterocycles. The largest absolute Gasteiger partial charge is 0.397 e. The Kier molecular flexibility index (Phi) is 4.63. The average Bonchev–Trinajstić information content (AvgIpc) is 2.43. The Hall–Kier alpha value is -2.01. The minimum atomic E-state index is -0.425. The minimum absolute atomic E-state index is 0.212. The van der Waals surface area contributed by atoms with Crippen LogP contribution < -0.4 is 11.1 Å². The molecule has 0 saturated carbocycles. The van der Waals surface area contributed by atoms with Crippen LogP contribution in [0.5, 0.6) is 0 Å². The molecule has 2 aromatic rings. The molecule has 0 saturated heterocycles. The molecule has 3 N–H and O–H groups in total. The van der Waals surface area contributed by atoms with E-state index in [1.165, 1.54) is 17.8 Å². The molecule has 0 spiro atoms. The summed E-state index contributed by atoms with van der Waals surface area (Å²) in [7, 11) is 0. The second kappa shape index (κ2) is 6.43. The molecule has 2 rings (SSSR count). The molecule has 2 aromatic carbocycles. The number of para-hydroxylation sites is 2. The summed E-state index contributed by atoms with van der Waals surface area (Å²) < 4.78 is 13.5. The van der Waals surface area contributed by atoms with E-state index in [4.69, 9.17) is 5.73 Å². The first-order valence-corrected chi connectivity index (χ1v) is 7.02. The molecule has 3 nitrogen and oxygen atoms in total. The summed E-state index contributed by atoms with van der Waals surface area (Å²) in [4.78, 5) is 12.5. The Morgan fingerprint density at radius 3 is 2.55 bits per heavy atom. The topological polar surface area (TPSA) is 55.1 Å². The summed E-state index contributed by atoms with van der Waals surface area (Å²) >= 11 is 1.18. The summed E-state index contributed by atoms with van der Waals surface area (Å²) in [6, 6.07) is 13.4. The maximum atomic E-state index is 13.5. The summed E-state index contributed by atoms with van der Waals surface area (Å²) in [5.74, 6) is -0.535. The van der Waals surface area contributed by atoms with Gasteiger partial charge in [0.25, 0.3) is 0 Å². The van der Waals surface area contributed by atoms with Crippen LogP contribution >= 0.6 is 11.8 Å². The van der Waals surface area contributed by atoms with Crippen molar-refractivity contribution in [3.05, 3.63) is 54.3 Å². The number of nitrogens with two attached hydrogens (primary N) is 1. The highest BCUT2D eigenvalue weighted by Crippen LogP contribution is 2.27. The third-order valence-electron chi connectivity index (χ3n) is 2.73. The molecule has 1 amide bonds. The lowest BCUT2D eigenvalue weighted by Crippen LogP contribution is -2.23. The lowest BCUT2D eigenvalue weighted by atomic mass is 10.2. The van der Waals surface area contributed by atoms with Gasteiger partial charge in [0, 0.05) is 4.90 Å². The molecule has 0 aliphatic carbocycles. The number of thioether (sulfide) groups is 1. The summed E-state index contributed by atoms with van der Waals surface area (Å²) in [6.45, 7) is 1.73. The van der Waals surface area contributed by atoms with Crippen molar-refractivity contribution in [3.8, 4) is 0 Å². The molecule has 0 radical (unpaired) electrons. The first kappa shape index (κ1) is 14.4. The predicted molar refractivity (Wildman–Crippen MR) is 81.2 cm³/mol. The number of amides is 1. The van der Waals surface area contributed by atoms with Gasteiger partial charge in [-0.2, -0.15) is 0 Å². The van der Waals surface area contributed by atoms with Gasteiger partial charge in [0.15, 0.2) is 0 Å². The molecule has 1 atom stereocenters. The minimum Gasteiger partial charge on any atom is -0.397 e. The number of carbonyl (C=O) groups is 1. The fraction of sp³-hybridized carbons (Fsp3) is 0.133. The summed E-state index contributed by atoms with van der Waals surface area (Å²) in [5, 5.41) is 2.32. The first-order chi connectivity index (χ1) is 9.58. The monoisotopic (exact) mass is 290 g/mol. The lowest BCUT2D eigenvalue weighted by Gasteiger charge is -2.13. The maximum Gasteiger partial charge on any atom is 0.237 e. The van der Waals surface area contributed by atoms with E-state index in [0.717, 1.165) is 0 Å². The van der Waals surface area contributed by atoms with Gasteiger partial charge < -0.3 is 11.1 Å². The van der Waals surface area contributed by atoms with E-state index in [-0.39, 0.29) is 11.7 Å². The average molecular weight is 290 g/mol. The molecule has 20 heavy (non-hydrogen) atoms. The van der Waals surface area contributed by atoms with Gasteiger partial charge in [-0.3, -0.25) is 4.79 Å². The smallest absolute Gasteiger partial charge is 0.237 e. The first-order valence-electron chi connectivity index (χ1n) is 6.14. The third-order valence-corrected chi connectivity index (χ3v) is 3.88. The van der Waals surface area contributed by atoms with Crippen LogP contribution in [-0.2, 0) is 4.79 Å². The van der Waals surface area contributed by atoms with Crippen LogP contribution in [0, 0.1) is 5.82 Å². The highest BCUT2D eigenvalue weighted by molar-refractivity contribution is 8.00. The van der Waals surface area contributed by atoms with E-state index in [9.17, 15) is 9.18 Å². The number of carbonyl (C=O) groups excluding carboxylic acids is 1. The van der Waals surface area contributed by atoms with Crippen LogP contribution in [0.15, 0.2) is 53.4 Å². The van der Waals surface area contributed by atoms with Crippen LogP contribution in [0.2, 0.25) is 0 Å². The molecule has 104 valence electrons. The zero-order chi connectivity index (χ0) is 14.5. The van der Waals surface area contributed by atoms with Gasteiger partial charge in [0.05, 0.1) is 16.6 Å². The molecule has 1 unspecified atom stereocenters. The highest BCUT2D eigenvalue weighted by atomic mass is 32.2. The van der Waals surface area contributed by atoms with Gasteiger partial charge in [0.1, 0.15) is 5.82 Å². The summed E-state index contributed by atoms with van der Waals surface area (Å²) in [6.07, 6.45) is 0. The molecular formula is C15H15FN2OS. The van der Waals surface area contributed by atoms with Crippen LogP contribution in [0.3, 0.4) is 0 Å². The standard InChI is InChI=1S/C15H15FN2OS/c1-10(20-14-9-5-2-6-11(14)16)15(19)18-13-8-4-3-7-12(13)17/h2-10H,17H2,1H3,(H,18,19). The van der Waals surface area contributed by atoms with Crippen LogP contribution in [0.4, 0.5) is 15.8 Å². The number of rotatable bonds is 4. The van der Waals surface area contributed by atoms with E-state index in [1.54, 1.807) is 49.4 Å². The maximum absolute atomic E-state index is 13.5. The van der Waals surface area contributed by atoms with Gasteiger partial charge in [-0.15, -0.1) is 11.8 Å². The quantitative estimate of drug-likeness (QED) is 0.669. The van der Waals surface area contributed by atoms with E-state index >= 15 is 0 Å². The number of hydrogen-bond donors (Lipinski definition) is 2. The molecule has 0 heterocycles. The van der Waals surface area contributed by atoms with Crippen molar-refractivity contribution in [2.45, 2.75) is 17.1 Å². The van der Waals surface area contributed by atoms with Crippen LogP contribution in [0.1, 0.15) is 6.92 Å². The van der Waals surface area contributed by atoms with Crippen molar-refractivity contribution >= 4 is 29.0 Å². The van der Waals surface area contributed by atoms with Crippen molar-refractivity contribution in [2.24, 2.45) is 0 Å². The number of nitrogens with one attached hydrogen (secondary N) is 1. The molecule has 0 aliphatic heterocycles. The van der Waals surface area contributed by atoms with Gasteiger partial charge in [-0.1, -0.05) is 24.3 Å². The van der Waals surface area contributed by atoms with E-state index < -0.39 is 5.25 Å². The van der Waals surface area contributed by atoms with E-state index in [0.29, 0.717) is 16.3 Å². The molecule has 0 aliphatic rings. The van der Waals surface area contributed by atoms with Crippen molar-refractivity contribution < 1.29 is 9.18 Å². The second-order valence-corrected chi connectivity index (χ2v) is 5.65. The fourth-order valence-corrected chi connectivity index (χ4v) is 2.51. The Morgan fingerprint density at radius 2 is 1.85 bits per heavy atom. The number of anilines is 2. The van der Waals surface area contributed by atoms with Gasteiger partial charge in [0.2, 0.25) is 5.91 Å². The van der Waals surface area contributed by atoms with Gasteiger partial charge >= 0.3 is 0 Å². The third kappa shape index (κ3) is 3.51. The molecule has 0 fully saturated rings. The zero-order valence-corrected chi connectivity index (χ0v) is 11.8. The van der Waals surface area contributed by atoms with Gasteiger partial charge in [-0.25, -0.2) is 4.39 Å². The number of hydrogen-bond acceptors (Lipinski definition) is 3. The molecule has 0 bridgehead atoms. The number of nitrogen functional groups attached to an aromatic ring is 1. The second-order valence-electron chi connectivity index (χ2n) is 4.27. The highest BCUT2D eigenvalue weighted by Gasteiger charge is 2.16. The van der Waals surface area contributed by atoms with E-state index in [1.807, 2.05) is 0 Å². The number of benzene rings is 2. The molecule has 5 heteroatoms. The molecular weight excluding hydrogens is 275 g/mol. The Morgan fingerprint density at radius 1 is 1.20 bits per heavy atom. The van der Waals surface area contributed by atoms with Crippen molar-refractivity contribution in [3.63, 3.8) is 0 Å². The summed E-state index contributed by atoms with van der Waals surface area (Å²) in [5.41, 5.74) is 6.84. The zero-order valence-electron chi connectivity index (χ0n) is 11.0. The van der Waals surface area contributed by atoms with Crippen molar-refractivity contribution in [1.29, 1.82) is 0 Å². The van der Waals surface area contributed by atoms with Crippen LogP contribution in [-0.4, -0.2) is 11.2 Å². The predicted octanol–water partition coefficient (Wildman–Crippen LogP) is 3.53. The Balaban J connectivity index is 2.03. The Labute approximate surface area is 121 Å². The fourth-order valence-electron chi connectivity index (χ4n) is 1.63. The van der Waals surface area contributed by atoms with Crippen molar-refractivity contribution in [1.82, 2.24) is 0 Å². The normalized spacial score (nSPS) is 11.9. The van der Waals surface area contributed by atoms with Gasteiger partial charge in [-0.05, 0) is 31.2 Å². The Bertz CT molecular complexity index is 618. The van der Waals surface area contributed by atoms with Crippen molar-refractivity contribution in [2.75, 3.05) is 11.1 Å². The lowest BCUT2D eigenvalue weighted by molar-refractivity contribution is -0.115. The number of halogens is 1.